The summed E-state index contributed by atoms with van der Waals surface area (Å²) < 4.78 is 31.1. The molecular formula is C18H24N3O5S+. The monoisotopic (exact) mass is 394 g/mol. The Bertz CT molecular complexity index is 848. The number of rotatable bonds is 8. The van der Waals surface area contributed by atoms with E-state index in [9.17, 15) is 18.0 Å². The molecule has 0 unspecified atom stereocenters. The van der Waals surface area contributed by atoms with Crippen molar-refractivity contribution in [3.63, 3.8) is 0 Å². The lowest BCUT2D eigenvalue weighted by Gasteiger charge is -2.16. The van der Waals surface area contributed by atoms with Crippen molar-refractivity contribution in [2.24, 2.45) is 0 Å². The van der Waals surface area contributed by atoms with Gasteiger partial charge in [-0.2, -0.15) is 0 Å². The van der Waals surface area contributed by atoms with E-state index in [4.69, 9.17) is 4.42 Å². The third kappa shape index (κ3) is 5.66. The first-order chi connectivity index (χ1) is 12.8. The molecule has 146 valence electrons. The number of likely N-dealkylation sites (N-methyl/N-ethyl adjacent to an activating group) is 1. The van der Waals surface area contributed by atoms with Crippen molar-refractivity contribution in [3.05, 3.63) is 54.5 Å². The molecule has 0 bridgehead atoms. The molecule has 2 amide bonds. The molecule has 27 heavy (non-hydrogen) atoms. The first kappa shape index (κ1) is 20.7. The minimum Gasteiger partial charge on any atom is -0.468 e. The Morgan fingerprint density at radius 3 is 2.30 bits per heavy atom. The second kappa shape index (κ2) is 9.33. The highest BCUT2D eigenvalue weighted by molar-refractivity contribution is 7.91. The number of nitrogens with one attached hydrogen (secondary N) is 3. The molecule has 1 aromatic heterocycles. The zero-order valence-electron chi connectivity index (χ0n) is 15.3. The average molecular weight is 394 g/mol. The van der Waals surface area contributed by atoms with E-state index in [1.807, 2.05) is 14.1 Å². The number of benzene rings is 1. The van der Waals surface area contributed by atoms with Gasteiger partial charge in [0.2, 0.25) is 0 Å². The summed E-state index contributed by atoms with van der Waals surface area (Å²) >= 11 is 0. The normalized spacial score (nSPS) is 12.6. The second-order valence-electron chi connectivity index (χ2n) is 6.29. The number of sulfone groups is 1. The third-order valence-corrected chi connectivity index (χ3v) is 5.95. The van der Waals surface area contributed by atoms with Crippen molar-refractivity contribution < 1.29 is 27.3 Å². The molecule has 3 N–H and O–H groups in total. The highest BCUT2D eigenvalue weighted by Gasteiger charge is 2.32. The van der Waals surface area contributed by atoms with Crippen molar-refractivity contribution in [3.8, 4) is 0 Å². The summed E-state index contributed by atoms with van der Waals surface area (Å²) in [5.74, 6) is -1.49. The van der Waals surface area contributed by atoms with Gasteiger partial charge in [0, 0.05) is 6.54 Å². The number of carbonyl (C=O) groups is 2. The van der Waals surface area contributed by atoms with Gasteiger partial charge in [-0.05, 0) is 24.3 Å². The third-order valence-electron chi connectivity index (χ3n) is 3.87. The molecule has 1 heterocycles. The molecule has 1 atom stereocenters. The SMILES string of the molecule is C[NH+](C)CCNC(=O)C(=O)NC[C@H](c1ccco1)S(=O)(=O)c1ccccc1. The molecule has 0 spiro atoms. The van der Waals surface area contributed by atoms with Crippen LogP contribution in [0.4, 0.5) is 0 Å². The van der Waals surface area contributed by atoms with E-state index in [1.54, 1.807) is 24.3 Å². The fourth-order valence-corrected chi connectivity index (χ4v) is 3.99. The molecule has 0 aliphatic carbocycles. The second-order valence-corrected chi connectivity index (χ2v) is 8.42. The van der Waals surface area contributed by atoms with Gasteiger partial charge in [-0.3, -0.25) is 9.59 Å². The van der Waals surface area contributed by atoms with E-state index >= 15 is 0 Å². The maximum atomic E-state index is 12.9. The van der Waals surface area contributed by atoms with Crippen LogP contribution in [-0.2, 0) is 19.4 Å². The van der Waals surface area contributed by atoms with Crippen molar-refractivity contribution >= 4 is 21.7 Å². The Hall–Kier alpha value is -2.65. The molecule has 2 aromatic rings. The summed E-state index contributed by atoms with van der Waals surface area (Å²) in [7, 11) is 0.0334. The van der Waals surface area contributed by atoms with E-state index in [-0.39, 0.29) is 17.2 Å². The number of quaternary nitrogens is 1. The maximum absolute atomic E-state index is 12.9. The molecule has 0 saturated heterocycles. The first-order valence-electron chi connectivity index (χ1n) is 8.49. The Morgan fingerprint density at radius 1 is 1.04 bits per heavy atom. The number of carbonyl (C=O) groups excluding carboxylic acids is 2. The van der Waals surface area contributed by atoms with Crippen LogP contribution in [0.15, 0.2) is 58.0 Å². The lowest BCUT2D eigenvalue weighted by molar-refractivity contribution is -0.856. The van der Waals surface area contributed by atoms with Crippen molar-refractivity contribution in [2.75, 3.05) is 33.7 Å². The van der Waals surface area contributed by atoms with E-state index in [2.05, 4.69) is 10.6 Å². The Labute approximate surface area is 158 Å². The van der Waals surface area contributed by atoms with Gasteiger partial charge >= 0.3 is 11.8 Å². The lowest BCUT2D eigenvalue weighted by Crippen LogP contribution is -3.06. The molecule has 8 nitrogen and oxygen atoms in total. The largest absolute Gasteiger partial charge is 0.468 e. The van der Waals surface area contributed by atoms with Crippen LogP contribution in [0, 0.1) is 0 Å². The number of furan rings is 1. The van der Waals surface area contributed by atoms with Crippen molar-refractivity contribution in [2.45, 2.75) is 10.1 Å². The molecule has 0 aliphatic rings. The van der Waals surface area contributed by atoms with Crippen LogP contribution >= 0.6 is 0 Å². The van der Waals surface area contributed by atoms with Crippen LogP contribution in [0.2, 0.25) is 0 Å². The highest BCUT2D eigenvalue weighted by Crippen LogP contribution is 2.28. The first-order valence-corrected chi connectivity index (χ1v) is 10.0. The van der Waals surface area contributed by atoms with Crippen LogP contribution in [0.1, 0.15) is 11.0 Å². The smallest absolute Gasteiger partial charge is 0.309 e. The Balaban J connectivity index is 2.09. The number of hydrogen-bond donors (Lipinski definition) is 3. The fourth-order valence-electron chi connectivity index (χ4n) is 2.38. The molecular weight excluding hydrogens is 370 g/mol. The van der Waals surface area contributed by atoms with Crippen LogP contribution in [0.3, 0.4) is 0 Å². The highest BCUT2D eigenvalue weighted by atomic mass is 32.2. The van der Waals surface area contributed by atoms with Crippen LogP contribution < -0.4 is 15.5 Å². The molecule has 0 aliphatic heterocycles. The minimum absolute atomic E-state index is 0.110. The lowest BCUT2D eigenvalue weighted by atomic mass is 10.3. The van der Waals surface area contributed by atoms with E-state index < -0.39 is 26.9 Å². The van der Waals surface area contributed by atoms with Crippen LogP contribution in [0.5, 0.6) is 0 Å². The van der Waals surface area contributed by atoms with Gasteiger partial charge < -0.3 is 20.0 Å². The van der Waals surface area contributed by atoms with E-state index in [0.717, 1.165) is 4.90 Å². The predicted molar refractivity (Wildman–Crippen MR) is 98.8 cm³/mol. The topological polar surface area (TPSA) is 110 Å². The minimum atomic E-state index is -3.82. The summed E-state index contributed by atoms with van der Waals surface area (Å²) in [5.41, 5.74) is 0. The molecule has 0 saturated carbocycles. The Kier molecular flexibility index (Phi) is 7.14. The molecule has 0 fully saturated rings. The van der Waals surface area contributed by atoms with Gasteiger partial charge in [0.15, 0.2) is 9.84 Å². The van der Waals surface area contributed by atoms with E-state index in [1.165, 1.54) is 24.5 Å². The summed E-state index contributed by atoms with van der Waals surface area (Å²) in [6.45, 7) is 0.727. The predicted octanol–water partition coefficient (Wildman–Crippen LogP) is -0.828. The van der Waals surface area contributed by atoms with Gasteiger partial charge in [0.05, 0.1) is 38.3 Å². The fraction of sp³-hybridized carbons (Fsp3) is 0.333. The van der Waals surface area contributed by atoms with Crippen LogP contribution in [0.25, 0.3) is 0 Å². The summed E-state index contributed by atoms with van der Waals surface area (Å²) in [4.78, 5) is 25.1. The van der Waals surface area contributed by atoms with Gasteiger partial charge in [-0.15, -0.1) is 0 Å². The van der Waals surface area contributed by atoms with Gasteiger partial charge in [-0.25, -0.2) is 8.42 Å². The number of amides is 2. The summed E-state index contributed by atoms with van der Waals surface area (Å²) in [6.07, 6.45) is 1.36. The van der Waals surface area contributed by atoms with E-state index in [0.29, 0.717) is 13.1 Å². The van der Waals surface area contributed by atoms with Crippen molar-refractivity contribution in [1.29, 1.82) is 0 Å². The van der Waals surface area contributed by atoms with Crippen molar-refractivity contribution in [1.82, 2.24) is 10.6 Å². The van der Waals surface area contributed by atoms with Gasteiger partial charge in [-0.1, -0.05) is 18.2 Å². The van der Waals surface area contributed by atoms with Gasteiger partial charge in [0.1, 0.15) is 11.0 Å². The average Bonchev–Trinajstić information content (AvgIpc) is 3.16. The molecule has 1 aromatic carbocycles. The summed E-state index contributed by atoms with van der Waals surface area (Å²) in [6, 6.07) is 11.0. The standard InChI is InChI=1S/C18H23N3O5S/c1-21(2)11-10-19-17(22)18(23)20-13-16(15-9-6-12-26-15)27(24,25)14-7-4-3-5-8-14/h3-9,12,16H,10-11,13H2,1-2H3,(H,19,22)(H,20,23)/p+1/t16-/m1/s1. The Morgan fingerprint density at radius 2 is 1.70 bits per heavy atom. The maximum Gasteiger partial charge on any atom is 0.309 e. The van der Waals surface area contributed by atoms with Gasteiger partial charge in [0.25, 0.3) is 0 Å². The molecule has 2 rings (SSSR count). The molecule has 0 radical (unpaired) electrons. The zero-order valence-corrected chi connectivity index (χ0v) is 16.1. The zero-order chi connectivity index (χ0) is 19.9. The quantitative estimate of drug-likeness (QED) is 0.507. The molecule has 9 heteroatoms. The number of hydrogen-bond acceptors (Lipinski definition) is 5. The summed E-state index contributed by atoms with van der Waals surface area (Å²) in [5, 5.41) is 3.75. The van der Waals surface area contributed by atoms with Crippen LogP contribution in [-0.4, -0.2) is 54.0 Å².